The molecule has 0 aliphatic heterocycles. The number of rotatable bonds is 9. The van der Waals surface area contributed by atoms with E-state index < -0.39 is 5.97 Å². The standard InChI is InChI=1S/C12H21N3O5/c1-3-15(8-12(19)20)11(18)5-4-10(17)14-7-6-13-9(2)16/h3-8H2,1-2H3,(H,13,16)(H,14,17)(H,19,20). The summed E-state index contributed by atoms with van der Waals surface area (Å²) >= 11 is 0. The van der Waals surface area contributed by atoms with Crippen LogP contribution in [0, 0.1) is 0 Å². The van der Waals surface area contributed by atoms with Crippen LogP contribution in [0.1, 0.15) is 26.7 Å². The Kier molecular flexibility index (Phi) is 8.73. The molecule has 0 spiro atoms. The predicted molar refractivity (Wildman–Crippen MR) is 70.8 cm³/mol. The van der Waals surface area contributed by atoms with Crippen molar-refractivity contribution < 1.29 is 24.3 Å². The van der Waals surface area contributed by atoms with Gasteiger partial charge in [-0.05, 0) is 6.92 Å². The monoisotopic (exact) mass is 287 g/mol. The van der Waals surface area contributed by atoms with Crippen molar-refractivity contribution in [2.75, 3.05) is 26.2 Å². The molecule has 0 aliphatic carbocycles. The molecule has 0 fully saturated rings. The summed E-state index contributed by atoms with van der Waals surface area (Å²) in [6.07, 6.45) is -0.0396. The summed E-state index contributed by atoms with van der Waals surface area (Å²) in [4.78, 5) is 45.4. The van der Waals surface area contributed by atoms with Crippen LogP contribution in [0.4, 0.5) is 0 Å². The van der Waals surface area contributed by atoms with Crippen molar-refractivity contribution in [3.63, 3.8) is 0 Å². The van der Waals surface area contributed by atoms with Crippen LogP contribution in [-0.4, -0.2) is 59.9 Å². The van der Waals surface area contributed by atoms with Crippen LogP contribution in [0.25, 0.3) is 0 Å². The first-order chi connectivity index (χ1) is 9.36. The lowest BCUT2D eigenvalue weighted by atomic mass is 10.2. The third kappa shape index (κ3) is 8.90. The van der Waals surface area contributed by atoms with Crippen molar-refractivity contribution in [3.8, 4) is 0 Å². The number of carboxylic acid groups (broad SMARTS) is 1. The van der Waals surface area contributed by atoms with Gasteiger partial charge in [0, 0.05) is 39.4 Å². The Morgan fingerprint density at radius 2 is 1.65 bits per heavy atom. The van der Waals surface area contributed by atoms with Crippen LogP contribution in [0.2, 0.25) is 0 Å². The molecule has 0 saturated heterocycles. The Morgan fingerprint density at radius 3 is 2.15 bits per heavy atom. The van der Waals surface area contributed by atoms with Gasteiger partial charge >= 0.3 is 5.97 Å². The van der Waals surface area contributed by atoms with Gasteiger partial charge < -0.3 is 20.6 Å². The molecule has 8 nitrogen and oxygen atoms in total. The van der Waals surface area contributed by atoms with E-state index in [9.17, 15) is 19.2 Å². The highest BCUT2D eigenvalue weighted by atomic mass is 16.4. The zero-order valence-corrected chi connectivity index (χ0v) is 11.8. The Bertz CT molecular complexity index is 370. The topological polar surface area (TPSA) is 116 Å². The van der Waals surface area contributed by atoms with E-state index >= 15 is 0 Å². The minimum atomic E-state index is -1.08. The number of aliphatic carboxylic acids is 1. The summed E-state index contributed by atoms with van der Waals surface area (Å²) in [6, 6.07) is 0. The molecule has 0 rings (SSSR count). The molecule has 0 aromatic rings. The van der Waals surface area contributed by atoms with Crippen molar-refractivity contribution in [2.24, 2.45) is 0 Å². The second kappa shape index (κ2) is 9.76. The largest absolute Gasteiger partial charge is 0.480 e. The second-order valence-corrected chi connectivity index (χ2v) is 4.13. The van der Waals surface area contributed by atoms with E-state index in [4.69, 9.17) is 5.11 Å². The van der Waals surface area contributed by atoms with Crippen LogP contribution in [0.5, 0.6) is 0 Å². The van der Waals surface area contributed by atoms with Gasteiger partial charge in [0.25, 0.3) is 0 Å². The highest BCUT2D eigenvalue weighted by molar-refractivity contribution is 5.85. The number of hydrogen-bond donors (Lipinski definition) is 3. The van der Waals surface area contributed by atoms with Gasteiger partial charge in [0.1, 0.15) is 6.54 Å². The lowest BCUT2D eigenvalue weighted by Crippen LogP contribution is -2.37. The zero-order valence-electron chi connectivity index (χ0n) is 11.8. The average Bonchev–Trinajstić information content (AvgIpc) is 2.37. The van der Waals surface area contributed by atoms with Crippen LogP contribution >= 0.6 is 0 Å². The van der Waals surface area contributed by atoms with Crippen molar-refractivity contribution in [2.45, 2.75) is 26.7 Å². The molecule has 0 radical (unpaired) electrons. The van der Waals surface area contributed by atoms with E-state index in [0.29, 0.717) is 13.1 Å². The molecule has 8 heteroatoms. The highest BCUT2D eigenvalue weighted by Crippen LogP contribution is 1.98. The minimum Gasteiger partial charge on any atom is -0.480 e. The molecule has 0 atom stereocenters. The number of hydrogen-bond acceptors (Lipinski definition) is 4. The van der Waals surface area contributed by atoms with Gasteiger partial charge in [0.2, 0.25) is 17.7 Å². The molecule has 0 aliphatic rings. The molecule has 0 heterocycles. The van der Waals surface area contributed by atoms with E-state index in [0.717, 1.165) is 0 Å². The fourth-order valence-corrected chi connectivity index (χ4v) is 1.45. The van der Waals surface area contributed by atoms with Gasteiger partial charge in [-0.3, -0.25) is 19.2 Å². The second-order valence-electron chi connectivity index (χ2n) is 4.13. The third-order valence-electron chi connectivity index (χ3n) is 2.45. The molecule has 3 amide bonds. The van der Waals surface area contributed by atoms with Gasteiger partial charge in [-0.2, -0.15) is 0 Å². The van der Waals surface area contributed by atoms with Gasteiger partial charge in [0.05, 0.1) is 0 Å². The maximum Gasteiger partial charge on any atom is 0.323 e. The first kappa shape index (κ1) is 17.9. The SMILES string of the molecule is CCN(CC(=O)O)C(=O)CCC(=O)NCCNC(C)=O. The van der Waals surface area contributed by atoms with Crippen molar-refractivity contribution in [1.29, 1.82) is 0 Å². The normalized spacial score (nSPS) is 9.70. The van der Waals surface area contributed by atoms with Gasteiger partial charge in [-0.1, -0.05) is 0 Å². The van der Waals surface area contributed by atoms with Crippen molar-refractivity contribution >= 4 is 23.7 Å². The first-order valence-corrected chi connectivity index (χ1v) is 6.37. The summed E-state index contributed by atoms with van der Waals surface area (Å²) in [6.45, 7) is 3.60. The fraction of sp³-hybridized carbons (Fsp3) is 0.667. The molecule has 3 N–H and O–H groups in total. The van der Waals surface area contributed by atoms with E-state index in [1.54, 1.807) is 6.92 Å². The lowest BCUT2D eigenvalue weighted by molar-refractivity contribution is -0.144. The maximum absolute atomic E-state index is 11.7. The van der Waals surface area contributed by atoms with Gasteiger partial charge in [-0.15, -0.1) is 0 Å². The Morgan fingerprint density at radius 1 is 1.05 bits per heavy atom. The van der Waals surface area contributed by atoms with E-state index in [-0.39, 0.29) is 43.7 Å². The molecule has 20 heavy (non-hydrogen) atoms. The van der Waals surface area contributed by atoms with E-state index in [1.165, 1.54) is 11.8 Å². The first-order valence-electron chi connectivity index (χ1n) is 6.37. The van der Waals surface area contributed by atoms with Crippen molar-refractivity contribution in [3.05, 3.63) is 0 Å². The summed E-state index contributed by atoms with van der Waals surface area (Å²) in [5, 5.41) is 13.7. The number of nitrogens with one attached hydrogen (secondary N) is 2. The van der Waals surface area contributed by atoms with Crippen molar-refractivity contribution in [1.82, 2.24) is 15.5 Å². The smallest absolute Gasteiger partial charge is 0.323 e. The molecule has 0 unspecified atom stereocenters. The number of nitrogens with zero attached hydrogens (tertiary/aromatic N) is 1. The predicted octanol–water partition coefficient (Wildman–Crippen LogP) is -1.05. The number of amides is 3. The van der Waals surface area contributed by atoms with Gasteiger partial charge in [0.15, 0.2) is 0 Å². The summed E-state index contributed by atoms with van der Waals surface area (Å²) < 4.78 is 0. The zero-order chi connectivity index (χ0) is 15.5. The number of carboxylic acids is 1. The Labute approximate surface area is 117 Å². The van der Waals surface area contributed by atoms with Crippen LogP contribution in [0.3, 0.4) is 0 Å². The molecule has 0 aromatic carbocycles. The van der Waals surface area contributed by atoms with Crippen LogP contribution in [-0.2, 0) is 19.2 Å². The molecule has 114 valence electrons. The summed E-state index contributed by atoms with van der Waals surface area (Å²) in [5.41, 5.74) is 0. The lowest BCUT2D eigenvalue weighted by Gasteiger charge is -2.18. The number of carbonyl (C=O) groups excluding carboxylic acids is 3. The molecular formula is C12H21N3O5. The Balaban J connectivity index is 3.89. The van der Waals surface area contributed by atoms with Crippen LogP contribution in [0.15, 0.2) is 0 Å². The average molecular weight is 287 g/mol. The van der Waals surface area contributed by atoms with E-state index in [1.807, 2.05) is 0 Å². The summed E-state index contributed by atoms with van der Waals surface area (Å²) in [7, 11) is 0. The highest BCUT2D eigenvalue weighted by Gasteiger charge is 2.15. The van der Waals surface area contributed by atoms with E-state index in [2.05, 4.69) is 10.6 Å². The maximum atomic E-state index is 11.7. The minimum absolute atomic E-state index is 0.00494. The summed E-state index contributed by atoms with van der Waals surface area (Å²) in [5.74, 6) is -1.94. The third-order valence-corrected chi connectivity index (χ3v) is 2.45. The van der Waals surface area contributed by atoms with Crippen LogP contribution < -0.4 is 10.6 Å². The van der Waals surface area contributed by atoms with Gasteiger partial charge in [-0.25, -0.2) is 0 Å². The molecular weight excluding hydrogens is 266 g/mol. The molecule has 0 aromatic heterocycles. The quantitative estimate of drug-likeness (QED) is 0.468. The number of carbonyl (C=O) groups is 4. The Hall–Kier alpha value is -2.12. The molecule has 0 saturated carbocycles. The molecule has 0 bridgehead atoms. The number of likely N-dealkylation sites (N-methyl/N-ethyl adjacent to an activating group) is 1. The fourth-order valence-electron chi connectivity index (χ4n) is 1.45.